The quantitative estimate of drug-likeness (QED) is 0.674. The van der Waals surface area contributed by atoms with Gasteiger partial charge in [0.1, 0.15) is 0 Å². The van der Waals surface area contributed by atoms with E-state index in [0.717, 1.165) is 0 Å². The van der Waals surface area contributed by atoms with E-state index < -0.39 is 18.2 Å². The second kappa shape index (κ2) is 3.53. The van der Waals surface area contributed by atoms with Crippen molar-refractivity contribution in [3.8, 4) is 0 Å². The molecule has 1 aliphatic rings. The number of halogens is 3. The Morgan fingerprint density at radius 3 is 2.38 bits per heavy atom. The summed E-state index contributed by atoms with van der Waals surface area (Å²) >= 11 is 0. The van der Waals surface area contributed by atoms with Gasteiger partial charge >= 0.3 is 12.1 Å². The molecule has 0 unspecified atom stereocenters. The second-order valence-corrected chi connectivity index (χ2v) is 3.20. The van der Waals surface area contributed by atoms with Crippen molar-refractivity contribution in [3.05, 3.63) is 0 Å². The normalized spacial score (nSPS) is 28.0. The van der Waals surface area contributed by atoms with Gasteiger partial charge in [0.25, 0.3) is 0 Å². The fourth-order valence-corrected chi connectivity index (χ4v) is 1.20. The van der Waals surface area contributed by atoms with E-state index in [2.05, 4.69) is 0 Å². The summed E-state index contributed by atoms with van der Waals surface area (Å²) in [4.78, 5) is 10.3. The average molecular weight is 197 g/mol. The van der Waals surface area contributed by atoms with Gasteiger partial charge in [-0.2, -0.15) is 13.2 Å². The Hall–Kier alpha value is -0.780. The van der Waals surface area contributed by atoms with Gasteiger partial charge in [0.05, 0.1) is 6.10 Å². The van der Waals surface area contributed by atoms with E-state index in [-0.39, 0.29) is 12.5 Å². The molecule has 0 aromatic carbocycles. The number of aliphatic hydroxyl groups excluding tert-OH is 1. The minimum absolute atomic E-state index is 0.00456. The van der Waals surface area contributed by atoms with Gasteiger partial charge in [-0.25, -0.2) is 0 Å². The minimum atomic E-state index is -4.80. The number of hydrogen-bond donors (Lipinski definition) is 2. The van der Waals surface area contributed by atoms with Crippen molar-refractivity contribution in [3.63, 3.8) is 0 Å². The lowest BCUT2D eigenvalue weighted by Crippen LogP contribution is -2.43. The van der Waals surface area contributed by atoms with E-state index in [9.17, 15) is 18.0 Å². The smallest absolute Gasteiger partial charge is 0.393 e. The van der Waals surface area contributed by atoms with Crippen molar-refractivity contribution in [2.45, 2.75) is 25.1 Å². The maximum Gasteiger partial charge on any atom is 0.471 e. The number of carbonyl (C=O) groups is 1. The average Bonchev–Trinajstić information content (AvgIpc) is 1.93. The Morgan fingerprint density at radius 1 is 1.46 bits per heavy atom. The Labute approximate surface area is 72.9 Å². The summed E-state index contributed by atoms with van der Waals surface area (Å²) in [5.41, 5.74) is 0. The Balaban J connectivity index is 2.16. The lowest BCUT2D eigenvalue weighted by molar-refractivity contribution is -0.174. The zero-order valence-electron chi connectivity index (χ0n) is 6.77. The fraction of sp³-hybridized carbons (Fsp3) is 0.857. The number of alkyl halides is 3. The maximum atomic E-state index is 11.6. The van der Waals surface area contributed by atoms with Crippen LogP contribution in [-0.4, -0.2) is 29.8 Å². The van der Waals surface area contributed by atoms with Crippen LogP contribution in [0.5, 0.6) is 0 Å². The SMILES string of the molecule is O=C(NCC1CC(O)C1)C(F)(F)F. The monoisotopic (exact) mass is 197 g/mol. The highest BCUT2D eigenvalue weighted by Gasteiger charge is 2.39. The maximum absolute atomic E-state index is 11.6. The van der Waals surface area contributed by atoms with Gasteiger partial charge in [-0.15, -0.1) is 0 Å². The third kappa shape index (κ3) is 2.87. The van der Waals surface area contributed by atoms with Crippen molar-refractivity contribution >= 4 is 5.91 Å². The van der Waals surface area contributed by atoms with Crippen LogP contribution >= 0.6 is 0 Å². The first-order valence-electron chi connectivity index (χ1n) is 3.92. The summed E-state index contributed by atoms with van der Waals surface area (Å²) < 4.78 is 34.9. The number of amides is 1. The number of nitrogens with one attached hydrogen (secondary N) is 1. The molecular formula is C7H10F3NO2. The highest BCUT2D eigenvalue weighted by Crippen LogP contribution is 2.26. The molecule has 2 N–H and O–H groups in total. The van der Waals surface area contributed by atoms with Crippen LogP contribution in [0.1, 0.15) is 12.8 Å². The van der Waals surface area contributed by atoms with Crippen LogP contribution in [0.3, 0.4) is 0 Å². The van der Waals surface area contributed by atoms with Gasteiger partial charge in [0, 0.05) is 6.54 Å². The number of aliphatic hydroxyl groups is 1. The fourth-order valence-electron chi connectivity index (χ4n) is 1.20. The summed E-state index contributed by atoms with van der Waals surface area (Å²) in [5, 5.41) is 10.6. The molecule has 0 atom stereocenters. The number of rotatable bonds is 2. The predicted octanol–water partition coefficient (Wildman–Crippen LogP) is 0.436. The first-order valence-corrected chi connectivity index (χ1v) is 3.92. The van der Waals surface area contributed by atoms with Gasteiger partial charge in [0.15, 0.2) is 0 Å². The van der Waals surface area contributed by atoms with Crippen LogP contribution in [0.25, 0.3) is 0 Å². The summed E-state index contributed by atoms with van der Waals surface area (Å²) in [6, 6.07) is 0. The lowest BCUT2D eigenvalue weighted by Gasteiger charge is -2.31. The standard InChI is InChI=1S/C7H10F3NO2/c8-7(9,10)6(13)11-3-4-1-5(12)2-4/h4-5,12H,1-3H2,(H,11,13). The van der Waals surface area contributed by atoms with Crippen molar-refractivity contribution < 1.29 is 23.1 Å². The van der Waals surface area contributed by atoms with Gasteiger partial charge in [-0.1, -0.05) is 0 Å². The van der Waals surface area contributed by atoms with Crippen molar-refractivity contribution in [1.29, 1.82) is 0 Å². The van der Waals surface area contributed by atoms with E-state index in [1.165, 1.54) is 0 Å². The summed E-state index contributed by atoms with van der Waals surface area (Å²) in [6.07, 6.45) is -4.27. The van der Waals surface area contributed by atoms with Gasteiger partial charge in [-0.05, 0) is 18.8 Å². The summed E-state index contributed by atoms with van der Waals surface area (Å²) in [5.74, 6) is -1.92. The third-order valence-corrected chi connectivity index (χ3v) is 2.02. The first kappa shape index (κ1) is 10.3. The van der Waals surface area contributed by atoms with E-state index in [1.54, 1.807) is 5.32 Å². The Bertz CT molecular complexity index is 198. The molecule has 0 radical (unpaired) electrons. The van der Waals surface area contributed by atoms with Crippen LogP contribution in [0, 0.1) is 5.92 Å². The molecule has 6 heteroatoms. The number of hydrogen-bond acceptors (Lipinski definition) is 2. The molecular weight excluding hydrogens is 187 g/mol. The van der Waals surface area contributed by atoms with E-state index >= 15 is 0 Å². The molecule has 1 fully saturated rings. The third-order valence-electron chi connectivity index (χ3n) is 2.02. The molecule has 0 aromatic rings. The second-order valence-electron chi connectivity index (χ2n) is 3.20. The van der Waals surface area contributed by atoms with Crippen LogP contribution in [0.4, 0.5) is 13.2 Å². The molecule has 1 amide bonds. The molecule has 13 heavy (non-hydrogen) atoms. The summed E-state index contributed by atoms with van der Waals surface area (Å²) in [7, 11) is 0. The Morgan fingerprint density at radius 2 is 2.00 bits per heavy atom. The van der Waals surface area contributed by atoms with Crippen LogP contribution < -0.4 is 5.32 Å². The number of carbonyl (C=O) groups excluding carboxylic acids is 1. The van der Waals surface area contributed by atoms with Gasteiger partial charge in [0.2, 0.25) is 0 Å². The molecule has 3 nitrogen and oxygen atoms in total. The Kier molecular flexibility index (Phi) is 2.80. The van der Waals surface area contributed by atoms with E-state index in [4.69, 9.17) is 5.11 Å². The molecule has 0 heterocycles. The van der Waals surface area contributed by atoms with Crippen LogP contribution in [0.2, 0.25) is 0 Å². The first-order chi connectivity index (χ1) is 5.89. The molecule has 1 rings (SSSR count). The highest BCUT2D eigenvalue weighted by molar-refractivity contribution is 5.81. The zero-order chi connectivity index (χ0) is 10.1. The molecule has 0 spiro atoms. The largest absolute Gasteiger partial charge is 0.471 e. The molecule has 0 bridgehead atoms. The van der Waals surface area contributed by atoms with Crippen LogP contribution in [-0.2, 0) is 4.79 Å². The van der Waals surface area contributed by atoms with Crippen molar-refractivity contribution in [1.82, 2.24) is 5.32 Å². The molecule has 0 aliphatic heterocycles. The van der Waals surface area contributed by atoms with Gasteiger partial charge in [-0.3, -0.25) is 4.79 Å². The topological polar surface area (TPSA) is 49.3 Å². The highest BCUT2D eigenvalue weighted by atomic mass is 19.4. The van der Waals surface area contributed by atoms with Gasteiger partial charge < -0.3 is 10.4 Å². The minimum Gasteiger partial charge on any atom is -0.393 e. The predicted molar refractivity (Wildman–Crippen MR) is 37.8 cm³/mol. The molecule has 0 saturated heterocycles. The van der Waals surface area contributed by atoms with Crippen molar-refractivity contribution in [2.24, 2.45) is 5.92 Å². The molecule has 0 aromatic heterocycles. The molecule has 1 saturated carbocycles. The van der Waals surface area contributed by atoms with Crippen molar-refractivity contribution in [2.75, 3.05) is 6.54 Å². The van der Waals surface area contributed by atoms with E-state index in [1.807, 2.05) is 0 Å². The zero-order valence-corrected chi connectivity index (χ0v) is 6.77. The lowest BCUT2D eigenvalue weighted by atomic mass is 9.82. The molecule has 1 aliphatic carbocycles. The van der Waals surface area contributed by atoms with Crippen LogP contribution in [0.15, 0.2) is 0 Å². The van der Waals surface area contributed by atoms with E-state index in [0.29, 0.717) is 12.8 Å². The molecule has 76 valence electrons. The summed E-state index contributed by atoms with van der Waals surface area (Å²) in [6.45, 7) is -0.00456.